The van der Waals surface area contributed by atoms with Crippen molar-refractivity contribution in [3.05, 3.63) is 69.2 Å². The maximum absolute atomic E-state index is 12.4. The highest BCUT2D eigenvalue weighted by atomic mass is 79.9. The van der Waals surface area contributed by atoms with Crippen LogP contribution >= 0.6 is 15.9 Å². The molecule has 20 heavy (non-hydrogen) atoms. The third-order valence-corrected chi connectivity index (χ3v) is 4.32. The second-order valence-electron chi connectivity index (χ2n) is 5.09. The Balaban J connectivity index is 2.18. The highest BCUT2D eigenvalue weighted by Gasteiger charge is 2.10. The predicted octanol–water partition coefficient (Wildman–Crippen LogP) is 5.33. The van der Waals surface area contributed by atoms with Gasteiger partial charge < -0.3 is 0 Å². The Hall–Kier alpha value is -1.41. The van der Waals surface area contributed by atoms with Crippen LogP contribution in [0.1, 0.15) is 46.8 Å². The Morgan fingerprint density at radius 3 is 2.30 bits per heavy atom. The van der Waals surface area contributed by atoms with Crippen LogP contribution in [0.5, 0.6) is 0 Å². The van der Waals surface area contributed by atoms with E-state index in [1.54, 1.807) is 0 Å². The molecular formula is C18H19BrO. The molecule has 0 atom stereocenters. The van der Waals surface area contributed by atoms with E-state index in [4.69, 9.17) is 0 Å². The second-order valence-corrected chi connectivity index (χ2v) is 5.95. The Bertz CT molecular complexity index is 599. The number of unbranched alkanes of at least 4 members (excludes halogenated alkanes) is 1. The van der Waals surface area contributed by atoms with Gasteiger partial charge in [0.2, 0.25) is 0 Å². The van der Waals surface area contributed by atoms with Gasteiger partial charge in [-0.15, -0.1) is 0 Å². The monoisotopic (exact) mass is 330 g/mol. The molecule has 0 aliphatic heterocycles. The summed E-state index contributed by atoms with van der Waals surface area (Å²) in [6.45, 7) is 4.20. The minimum Gasteiger partial charge on any atom is -0.289 e. The lowest BCUT2D eigenvalue weighted by atomic mass is 10.00. The lowest BCUT2D eigenvalue weighted by Gasteiger charge is -2.05. The largest absolute Gasteiger partial charge is 0.289 e. The maximum Gasteiger partial charge on any atom is 0.193 e. The van der Waals surface area contributed by atoms with Gasteiger partial charge in [-0.1, -0.05) is 65.7 Å². The summed E-state index contributed by atoms with van der Waals surface area (Å²) in [5, 5.41) is 0. The molecule has 0 saturated carbocycles. The first-order chi connectivity index (χ1) is 9.61. The Morgan fingerprint density at radius 1 is 1.05 bits per heavy atom. The third-order valence-electron chi connectivity index (χ3n) is 3.47. The summed E-state index contributed by atoms with van der Waals surface area (Å²) in [7, 11) is 0. The first-order valence-electron chi connectivity index (χ1n) is 7.01. The molecule has 0 aliphatic carbocycles. The van der Waals surface area contributed by atoms with E-state index in [1.165, 1.54) is 18.4 Å². The number of benzene rings is 2. The van der Waals surface area contributed by atoms with E-state index in [0.717, 1.165) is 27.6 Å². The van der Waals surface area contributed by atoms with Crippen molar-refractivity contribution >= 4 is 21.7 Å². The molecule has 0 aromatic heterocycles. The number of halogens is 1. The SMILES string of the molecule is CCCCc1ccc(C(=O)c2ccc(C)c(Br)c2)cc1. The summed E-state index contributed by atoms with van der Waals surface area (Å²) in [6, 6.07) is 13.7. The lowest BCUT2D eigenvalue weighted by Crippen LogP contribution is -2.01. The molecule has 0 fully saturated rings. The van der Waals surface area contributed by atoms with E-state index in [-0.39, 0.29) is 5.78 Å². The molecule has 2 aromatic carbocycles. The standard InChI is InChI=1S/C18H19BrO/c1-3-4-5-14-7-10-15(11-8-14)18(20)16-9-6-13(2)17(19)12-16/h6-12H,3-5H2,1-2H3. The topological polar surface area (TPSA) is 17.1 Å². The number of rotatable bonds is 5. The molecule has 0 unspecified atom stereocenters. The van der Waals surface area contributed by atoms with Gasteiger partial charge >= 0.3 is 0 Å². The number of carbonyl (C=O) groups excluding carboxylic acids is 1. The zero-order chi connectivity index (χ0) is 14.5. The van der Waals surface area contributed by atoms with Crippen LogP contribution < -0.4 is 0 Å². The molecule has 0 saturated heterocycles. The Morgan fingerprint density at radius 2 is 1.70 bits per heavy atom. The van der Waals surface area contributed by atoms with Crippen molar-refractivity contribution in [2.24, 2.45) is 0 Å². The average molecular weight is 331 g/mol. The molecule has 1 nitrogen and oxygen atoms in total. The van der Waals surface area contributed by atoms with E-state index < -0.39 is 0 Å². The quantitative estimate of drug-likeness (QED) is 0.677. The molecule has 0 N–H and O–H groups in total. The van der Waals surface area contributed by atoms with Crippen molar-refractivity contribution in [2.75, 3.05) is 0 Å². The van der Waals surface area contributed by atoms with Gasteiger partial charge in [0, 0.05) is 15.6 Å². The summed E-state index contributed by atoms with van der Waals surface area (Å²) in [5.41, 5.74) is 3.91. The third kappa shape index (κ3) is 3.57. The minimum absolute atomic E-state index is 0.0766. The summed E-state index contributed by atoms with van der Waals surface area (Å²) < 4.78 is 0.975. The number of hydrogen-bond donors (Lipinski definition) is 0. The molecule has 104 valence electrons. The number of carbonyl (C=O) groups is 1. The number of aryl methyl sites for hydroxylation is 2. The number of hydrogen-bond acceptors (Lipinski definition) is 1. The highest BCUT2D eigenvalue weighted by molar-refractivity contribution is 9.10. The van der Waals surface area contributed by atoms with Gasteiger partial charge in [0.15, 0.2) is 5.78 Å². The van der Waals surface area contributed by atoms with Crippen LogP contribution in [0.2, 0.25) is 0 Å². The van der Waals surface area contributed by atoms with Gasteiger partial charge in [-0.3, -0.25) is 4.79 Å². The molecular weight excluding hydrogens is 312 g/mol. The minimum atomic E-state index is 0.0766. The Labute approximate surface area is 129 Å². The molecule has 0 aliphatic rings. The lowest BCUT2D eigenvalue weighted by molar-refractivity contribution is 0.103. The molecule has 0 spiro atoms. The van der Waals surface area contributed by atoms with Crippen LogP contribution in [0.15, 0.2) is 46.9 Å². The van der Waals surface area contributed by atoms with E-state index in [1.807, 2.05) is 37.3 Å². The molecule has 2 heteroatoms. The van der Waals surface area contributed by atoms with Crippen molar-refractivity contribution in [1.82, 2.24) is 0 Å². The predicted molar refractivity (Wildman–Crippen MR) is 87.4 cm³/mol. The zero-order valence-electron chi connectivity index (χ0n) is 11.9. The van der Waals surface area contributed by atoms with E-state index >= 15 is 0 Å². The van der Waals surface area contributed by atoms with Gasteiger partial charge in [0.05, 0.1) is 0 Å². The van der Waals surface area contributed by atoms with Crippen molar-refractivity contribution < 1.29 is 4.79 Å². The fourth-order valence-electron chi connectivity index (χ4n) is 2.10. The molecule has 2 rings (SSSR count). The van der Waals surface area contributed by atoms with Gasteiger partial charge in [0.25, 0.3) is 0 Å². The summed E-state index contributed by atoms with van der Waals surface area (Å²) >= 11 is 3.47. The van der Waals surface area contributed by atoms with Crippen LogP contribution in [0.4, 0.5) is 0 Å². The summed E-state index contributed by atoms with van der Waals surface area (Å²) in [6.07, 6.45) is 3.47. The first-order valence-corrected chi connectivity index (χ1v) is 7.81. The zero-order valence-corrected chi connectivity index (χ0v) is 13.5. The normalized spacial score (nSPS) is 10.6. The van der Waals surface area contributed by atoms with E-state index in [0.29, 0.717) is 0 Å². The van der Waals surface area contributed by atoms with Crippen LogP contribution in [0, 0.1) is 6.92 Å². The van der Waals surface area contributed by atoms with Crippen LogP contribution in [0.25, 0.3) is 0 Å². The van der Waals surface area contributed by atoms with Crippen LogP contribution in [-0.4, -0.2) is 5.78 Å². The fraction of sp³-hybridized carbons (Fsp3) is 0.278. The molecule has 0 amide bonds. The van der Waals surface area contributed by atoms with E-state index in [9.17, 15) is 4.79 Å². The van der Waals surface area contributed by atoms with Crippen LogP contribution in [-0.2, 0) is 6.42 Å². The highest BCUT2D eigenvalue weighted by Crippen LogP contribution is 2.20. The molecule has 0 bridgehead atoms. The van der Waals surface area contributed by atoms with Gasteiger partial charge in [-0.25, -0.2) is 0 Å². The van der Waals surface area contributed by atoms with Gasteiger partial charge in [0.1, 0.15) is 0 Å². The van der Waals surface area contributed by atoms with Gasteiger partial charge in [-0.05, 0) is 37.0 Å². The fourth-order valence-corrected chi connectivity index (χ4v) is 2.48. The average Bonchev–Trinajstić information content (AvgIpc) is 2.48. The maximum atomic E-state index is 12.4. The van der Waals surface area contributed by atoms with Crippen LogP contribution in [0.3, 0.4) is 0 Å². The summed E-state index contributed by atoms with van der Waals surface area (Å²) in [5.74, 6) is 0.0766. The van der Waals surface area contributed by atoms with Gasteiger partial charge in [-0.2, -0.15) is 0 Å². The Kier molecular flexibility index (Phi) is 5.13. The molecule has 2 aromatic rings. The van der Waals surface area contributed by atoms with Crippen molar-refractivity contribution in [2.45, 2.75) is 33.1 Å². The van der Waals surface area contributed by atoms with Crippen molar-refractivity contribution in [3.63, 3.8) is 0 Å². The second kappa shape index (κ2) is 6.85. The first kappa shape index (κ1) is 15.0. The summed E-state index contributed by atoms with van der Waals surface area (Å²) in [4.78, 5) is 12.4. The smallest absolute Gasteiger partial charge is 0.193 e. The van der Waals surface area contributed by atoms with Crippen molar-refractivity contribution in [3.8, 4) is 0 Å². The van der Waals surface area contributed by atoms with E-state index in [2.05, 4.69) is 35.0 Å². The number of ketones is 1. The molecule has 0 radical (unpaired) electrons. The molecule has 0 heterocycles. The van der Waals surface area contributed by atoms with Crippen molar-refractivity contribution in [1.29, 1.82) is 0 Å².